The number of hydrogen-bond acceptors (Lipinski definition) is 4. The van der Waals surface area contributed by atoms with E-state index in [9.17, 15) is 9.59 Å². The van der Waals surface area contributed by atoms with Gasteiger partial charge in [-0.05, 0) is 31.0 Å². The van der Waals surface area contributed by atoms with Crippen molar-refractivity contribution in [1.82, 2.24) is 0 Å². The maximum atomic E-state index is 12.1. The average Bonchev–Trinajstić information content (AvgIpc) is 2.39. The number of benzene rings is 1. The van der Waals surface area contributed by atoms with Gasteiger partial charge in [-0.2, -0.15) is 0 Å². The number of ether oxygens (including phenoxy) is 2. The third-order valence-electron chi connectivity index (χ3n) is 2.82. The average molecular weight is 265 g/mol. The smallest absolute Gasteiger partial charge is 0.318 e. The molecule has 0 spiro atoms. The number of hydrogen-bond donors (Lipinski definition) is 1. The quantitative estimate of drug-likeness (QED) is 0.654. The lowest BCUT2D eigenvalue weighted by molar-refractivity contribution is -0.148. The van der Waals surface area contributed by atoms with Gasteiger partial charge in [0.05, 0.1) is 19.9 Å². The first kappa shape index (κ1) is 15.0. The highest BCUT2D eigenvalue weighted by Crippen LogP contribution is 2.26. The molecule has 1 rings (SSSR count). The Labute approximate surface area is 112 Å². The second-order valence-electron chi connectivity index (χ2n) is 4.18. The van der Waals surface area contributed by atoms with Crippen LogP contribution in [0.4, 0.5) is 5.69 Å². The maximum Gasteiger partial charge on any atom is 0.318 e. The van der Waals surface area contributed by atoms with Crippen LogP contribution < -0.4 is 10.1 Å². The van der Waals surface area contributed by atoms with E-state index < -0.39 is 17.8 Å². The fourth-order valence-corrected chi connectivity index (χ4v) is 1.74. The van der Waals surface area contributed by atoms with E-state index in [4.69, 9.17) is 4.74 Å². The van der Waals surface area contributed by atoms with E-state index >= 15 is 0 Å². The predicted molar refractivity (Wildman–Crippen MR) is 72.2 cm³/mol. The molecule has 0 fully saturated rings. The summed E-state index contributed by atoms with van der Waals surface area (Å²) >= 11 is 0. The molecule has 0 aliphatic carbocycles. The molecule has 1 N–H and O–H groups in total. The van der Waals surface area contributed by atoms with Crippen LogP contribution in [0, 0.1) is 12.8 Å². The van der Waals surface area contributed by atoms with E-state index in [-0.39, 0.29) is 0 Å². The molecule has 1 amide bonds. The molecule has 19 heavy (non-hydrogen) atoms. The summed E-state index contributed by atoms with van der Waals surface area (Å²) < 4.78 is 9.78. The summed E-state index contributed by atoms with van der Waals surface area (Å²) in [5, 5.41) is 2.70. The third-order valence-corrected chi connectivity index (χ3v) is 2.82. The van der Waals surface area contributed by atoms with E-state index in [1.165, 1.54) is 14.2 Å². The summed E-state index contributed by atoms with van der Waals surface area (Å²) in [4.78, 5) is 23.5. The number of anilines is 1. The minimum atomic E-state index is -0.810. The summed E-state index contributed by atoms with van der Waals surface area (Å²) in [5.41, 5.74) is 1.54. The Morgan fingerprint density at radius 3 is 2.53 bits per heavy atom. The standard InChI is InChI=1S/C14H19NO4/c1-5-10(14(17)19-4)13(16)15-11-8-9(2)6-7-12(11)18-3/h6-8,10H,5H2,1-4H3,(H,15,16). The van der Waals surface area contributed by atoms with Crippen molar-refractivity contribution in [2.75, 3.05) is 19.5 Å². The van der Waals surface area contributed by atoms with Gasteiger partial charge in [0.1, 0.15) is 11.7 Å². The molecular formula is C14H19NO4. The summed E-state index contributed by atoms with van der Waals surface area (Å²) in [6.07, 6.45) is 0.382. The fourth-order valence-electron chi connectivity index (χ4n) is 1.74. The number of methoxy groups -OCH3 is 2. The summed E-state index contributed by atoms with van der Waals surface area (Å²) in [6, 6.07) is 5.44. The first-order valence-electron chi connectivity index (χ1n) is 6.06. The van der Waals surface area contributed by atoms with E-state index in [1.807, 2.05) is 13.0 Å². The Balaban J connectivity index is 2.92. The van der Waals surface area contributed by atoms with Crippen LogP contribution in [-0.4, -0.2) is 26.1 Å². The first-order chi connectivity index (χ1) is 9.03. The Morgan fingerprint density at radius 1 is 1.32 bits per heavy atom. The third kappa shape index (κ3) is 3.71. The van der Waals surface area contributed by atoms with E-state index in [0.29, 0.717) is 17.9 Å². The molecular weight excluding hydrogens is 246 g/mol. The second kappa shape index (κ2) is 6.78. The largest absolute Gasteiger partial charge is 0.495 e. The van der Waals surface area contributed by atoms with Gasteiger partial charge < -0.3 is 14.8 Å². The zero-order chi connectivity index (χ0) is 14.4. The number of nitrogens with one attached hydrogen (secondary N) is 1. The number of carbonyl (C=O) groups excluding carboxylic acids is 2. The summed E-state index contributed by atoms with van der Waals surface area (Å²) in [6.45, 7) is 3.67. The molecule has 5 heteroatoms. The molecule has 1 aromatic rings. The molecule has 1 unspecified atom stereocenters. The number of rotatable bonds is 5. The van der Waals surface area contributed by atoms with Gasteiger partial charge in [-0.3, -0.25) is 9.59 Å². The van der Waals surface area contributed by atoms with Crippen LogP contribution in [0.15, 0.2) is 18.2 Å². The van der Waals surface area contributed by atoms with Crippen molar-refractivity contribution in [3.05, 3.63) is 23.8 Å². The lowest BCUT2D eigenvalue weighted by Gasteiger charge is -2.15. The van der Waals surface area contributed by atoms with Gasteiger partial charge in [0.2, 0.25) is 5.91 Å². The molecule has 0 aromatic heterocycles. The zero-order valence-electron chi connectivity index (χ0n) is 11.6. The van der Waals surface area contributed by atoms with Crippen molar-refractivity contribution in [2.24, 2.45) is 5.92 Å². The number of amides is 1. The summed E-state index contributed by atoms with van der Waals surface area (Å²) in [7, 11) is 2.80. The Hall–Kier alpha value is -2.04. The molecule has 0 aliphatic heterocycles. The van der Waals surface area contributed by atoms with Crippen LogP contribution in [0.2, 0.25) is 0 Å². The molecule has 0 heterocycles. The van der Waals surface area contributed by atoms with Crippen molar-refractivity contribution in [2.45, 2.75) is 20.3 Å². The number of esters is 1. The molecule has 5 nitrogen and oxygen atoms in total. The van der Waals surface area contributed by atoms with Gasteiger partial charge in [-0.1, -0.05) is 13.0 Å². The predicted octanol–water partition coefficient (Wildman–Crippen LogP) is 2.14. The van der Waals surface area contributed by atoms with E-state index in [2.05, 4.69) is 10.1 Å². The Bertz CT molecular complexity index is 471. The van der Waals surface area contributed by atoms with Crippen molar-refractivity contribution >= 4 is 17.6 Å². The maximum absolute atomic E-state index is 12.1. The minimum Gasteiger partial charge on any atom is -0.495 e. The molecule has 1 atom stereocenters. The van der Waals surface area contributed by atoms with Crippen LogP contribution in [0.3, 0.4) is 0 Å². The van der Waals surface area contributed by atoms with Crippen LogP contribution in [0.1, 0.15) is 18.9 Å². The van der Waals surface area contributed by atoms with Gasteiger partial charge in [-0.25, -0.2) is 0 Å². The molecule has 0 saturated carbocycles. The highest BCUT2D eigenvalue weighted by Gasteiger charge is 2.26. The van der Waals surface area contributed by atoms with Crippen LogP contribution in [-0.2, 0) is 14.3 Å². The van der Waals surface area contributed by atoms with Crippen molar-refractivity contribution < 1.29 is 19.1 Å². The fraction of sp³-hybridized carbons (Fsp3) is 0.429. The molecule has 0 saturated heterocycles. The lowest BCUT2D eigenvalue weighted by Crippen LogP contribution is -2.30. The molecule has 104 valence electrons. The zero-order valence-corrected chi connectivity index (χ0v) is 11.6. The van der Waals surface area contributed by atoms with Gasteiger partial charge in [0.25, 0.3) is 0 Å². The molecule has 0 bridgehead atoms. The Morgan fingerprint density at radius 2 is 2.00 bits per heavy atom. The normalized spacial score (nSPS) is 11.6. The SMILES string of the molecule is CCC(C(=O)Nc1cc(C)ccc1OC)C(=O)OC. The summed E-state index contributed by atoms with van der Waals surface area (Å²) in [5.74, 6) is -1.18. The van der Waals surface area contributed by atoms with Gasteiger partial charge in [-0.15, -0.1) is 0 Å². The minimum absolute atomic E-state index is 0.382. The van der Waals surface area contributed by atoms with E-state index in [1.54, 1.807) is 19.1 Å². The van der Waals surface area contributed by atoms with Gasteiger partial charge >= 0.3 is 5.97 Å². The van der Waals surface area contributed by atoms with Gasteiger partial charge in [0, 0.05) is 0 Å². The second-order valence-corrected chi connectivity index (χ2v) is 4.18. The highest BCUT2D eigenvalue weighted by molar-refractivity contribution is 6.05. The monoisotopic (exact) mass is 265 g/mol. The molecule has 0 radical (unpaired) electrons. The Kier molecular flexibility index (Phi) is 5.36. The number of aryl methyl sites for hydroxylation is 1. The van der Waals surface area contributed by atoms with E-state index in [0.717, 1.165) is 5.56 Å². The molecule has 1 aromatic carbocycles. The van der Waals surface area contributed by atoms with Crippen molar-refractivity contribution in [3.63, 3.8) is 0 Å². The van der Waals surface area contributed by atoms with Crippen LogP contribution >= 0.6 is 0 Å². The van der Waals surface area contributed by atoms with Crippen LogP contribution in [0.25, 0.3) is 0 Å². The molecule has 0 aliphatic rings. The topological polar surface area (TPSA) is 64.6 Å². The van der Waals surface area contributed by atoms with Crippen LogP contribution in [0.5, 0.6) is 5.75 Å². The number of carbonyl (C=O) groups is 2. The lowest BCUT2D eigenvalue weighted by atomic mass is 10.1. The highest BCUT2D eigenvalue weighted by atomic mass is 16.5. The van der Waals surface area contributed by atoms with Crippen molar-refractivity contribution in [1.29, 1.82) is 0 Å². The van der Waals surface area contributed by atoms with Gasteiger partial charge in [0.15, 0.2) is 0 Å². The first-order valence-corrected chi connectivity index (χ1v) is 6.06. The van der Waals surface area contributed by atoms with Crippen molar-refractivity contribution in [3.8, 4) is 5.75 Å².